The molecule has 0 atom stereocenters. The number of nitrogens with two attached hydrogens (primary N) is 1. The van der Waals surface area contributed by atoms with Crippen molar-refractivity contribution in [3.63, 3.8) is 0 Å². The first-order valence-electron chi connectivity index (χ1n) is 7.36. The van der Waals surface area contributed by atoms with E-state index in [0.717, 1.165) is 21.4 Å². The molecule has 0 aliphatic rings. The van der Waals surface area contributed by atoms with Gasteiger partial charge in [-0.2, -0.15) is 0 Å². The third-order valence-corrected chi connectivity index (χ3v) is 5.53. The van der Waals surface area contributed by atoms with Gasteiger partial charge in [-0.15, -0.1) is 21.5 Å². The summed E-state index contributed by atoms with van der Waals surface area (Å²) in [7, 11) is 0. The summed E-state index contributed by atoms with van der Waals surface area (Å²) >= 11 is 2.86. The molecule has 5 rings (SSSR count). The molecule has 1 aromatic carbocycles. The Hall–Kier alpha value is -2.91. The molecule has 0 saturated carbocycles. The van der Waals surface area contributed by atoms with Gasteiger partial charge in [-0.05, 0) is 35.3 Å². The van der Waals surface area contributed by atoms with Gasteiger partial charge < -0.3 is 10.3 Å². The van der Waals surface area contributed by atoms with Crippen LogP contribution in [0.1, 0.15) is 0 Å². The quantitative estimate of drug-likeness (QED) is 0.385. The minimum absolute atomic E-state index is 0.531. The van der Waals surface area contributed by atoms with E-state index >= 15 is 0 Å². The zero-order chi connectivity index (χ0) is 16.8. The van der Waals surface area contributed by atoms with Crippen molar-refractivity contribution in [2.24, 2.45) is 0 Å². The van der Waals surface area contributed by atoms with Gasteiger partial charge in [0.2, 0.25) is 5.16 Å². The summed E-state index contributed by atoms with van der Waals surface area (Å²) in [4.78, 5) is 9.64. The van der Waals surface area contributed by atoms with Gasteiger partial charge in [-0.25, -0.2) is 14.6 Å². The molecule has 0 aliphatic heterocycles. The van der Waals surface area contributed by atoms with Gasteiger partial charge in [0.25, 0.3) is 0 Å². The van der Waals surface area contributed by atoms with Gasteiger partial charge in [-0.1, -0.05) is 18.2 Å². The summed E-state index contributed by atoms with van der Waals surface area (Å²) < 4.78 is 7.40. The number of aromatic nitrogens is 5. The summed E-state index contributed by atoms with van der Waals surface area (Å²) in [5, 5.41) is 12.5. The molecule has 4 heterocycles. The van der Waals surface area contributed by atoms with Crippen LogP contribution in [0, 0.1) is 0 Å². The first kappa shape index (κ1) is 14.4. The Morgan fingerprint density at radius 3 is 2.88 bits per heavy atom. The van der Waals surface area contributed by atoms with Crippen molar-refractivity contribution in [1.82, 2.24) is 24.8 Å². The Morgan fingerprint density at radius 1 is 1.08 bits per heavy atom. The molecule has 0 bridgehead atoms. The molecular weight excluding hydrogens is 356 g/mol. The molecule has 0 aliphatic carbocycles. The first-order valence-corrected chi connectivity index (χ1v) is 9.05. The van der Waals surface area contributed by atoms with Crippen LogP contribution in [0.25, 0.3) is 32.8 Å². The molecule has 0 spiro atoms. The van der Waals surface area contributed by atoms with Crippen LogP contribution in [0.5, 0.6) is 0 Å². The highest BCUT2D eigenvalue weighted by Crippen LogP contribution is 2.35. The van der Waals surface area contributed by atoms with Crippen molar-refractivity contribution >= 4 is 45.2 Å². The van der Waals surface area contributed by atoms with Gasteiger partial charge in [0, 0.05) is 5.39 Å². The molecule has 25 heavy (non-hydrogen) atoms. The molecule has 0 amide bonds. The van der Waals surface area contributed by atoms with Gasteiger partial charge in [-0.3, -0.25) is 0 Å². The molecule has 4 aromatic heterocycles. The SMILES string of the molecule is Nn1c(Sc2ncnc3c2oc2ccccc23)nnc1-c1cccs1. The van der Waals surface area contributed by atoms with Crippen LogP contribution >= 0.6 is 23.1 Å². The number of nitrogen functional groups attached to an aromatic ring is 1. The fourth-order valence-electron chi connectivity index (χ4n) is 2.58. The number of furan rings is 1. The lowest BCUT2D eigenvalue weighted by atomic mass is 10.2. The molecule has 2 N–H and O–H groups in total. The number of hydrogen-bond acceptors (Lipinski definition) is 8. The standard InChI is InChI=1S/C16H10N6OS2/c17-22-14(11-6-3-7-24-11)20-21-16(22)25-15-13-12(18-8-19-15)9-4-1-2-5-10(9)23-13/h1-8H,17H2. The van der Waals surface area contributed by atoms with E-state index in [1.54, 1.807) is 11.3 Å². The number of fused-ring (bicyclic) bond motifs is 3. The Morgan fingerprint density at radius 2 is 2.00 bits per heavy atom. The zero-order valence-electron chi connectivity index (χ0n) is 12.7. The Bertz CT molecular complexity index is 1190. The third kappa shape index (κ3) is 2.28. The molecular formula is C16H10N6OS2. The lowest BCUT2D eigenvalue weighted by molar-refractivity contribution is 0.653. The number of hydrogen-bond donors (Lipinski definition) is 1. The topological polar surface area (TPSA) is 95.7 Å². The van der Waals surface area contributed by atoms with E-state index < -0.39 is 0 Å². The summed E-state index contributed by atoms with van der Waals surface area (Å²) in [6.07, 6.45) is 1.52. The number of thiophene rings is 1. The van der Waals surface area contributed by atoms with Crippen LogP contribution in [0.3, 0.4) is 0 Å². The molecule has 0 radical (unpaired) electrons. The minimum atomic E-state index is 0.531. The normalized spacial score (nSPS) is 11.5. The van der Waals surface area contributed by atoms with Crippen LogP contribution in [-0.2, 0) is 0 Å². The zero-order valence-corrected chi connectivity index (χ0v) is 14.3. The van der Waals surface area contributed by atoms with Gasteiger partial charge >= 0.3 is 0 Å². The van der Waals surface area contributed by atoms with E-state index in [4.69, 9.17) is 10.3 Å². The van der Waals surface area contributed by atoms with E-state index in [2.05, 4.69) is 20.2 Å². The van der Waals surface area contributed by atoms with Gasteiger partial charge in [0.1, 0.15) is 17.4 Å². The highest BCUT2D eigenvalue weighted by Gasteiger charge is 2.18. The molecule has 0 unspecified atom stereocenters. The highest BCUT2D eigenvalue weighted by molar-refractivity contribution is 7.99. The second-order valence-electron chi connectivity index (χ2n) is 5.21. The maximum Gasteiger partial charge on any atom is 0.216 e. The van der Waals surface area contributed by atoms with Crippen molar-refractivity contribution in [2.45, 2.75) is 10.2 Å². The number of benzene rings is 1. The Labute approximate surface area is 149 Å². The molecule has 0 fully saturated rings. The van der Waals surface area contributed by atoms with Crippen molar-refractivity contribution in [3.8, 4) is 10.7 Å². The number of nitrogens with zero attached hydrogens (tertiary/aromatic N) is 5. The third-order valence-electron chi connectivity index (χ3n) is 3.72. The van der Waals surface area contributed by atoms with Crippen LogP contribution in [0.4, 0.5) is 0 Å². The maximum atomic E-state index is 6.17. The average molecular weight is 366 g/mol. The molecule has 9 heteroatoms. The van der Waals surface area contributed by atoms with E-state index in [1.807, 2.05) is 41.8 Å². The van der Waals surface area contributed by atoms with Crippen LogP contribution in [0.15, 0.2) is 62.7 Å². The van der Waals surface area contributed by atoms with Gasteiger partial charge in [0.05, 0.1) is 4.88 Å². The van der Waals surface area contributed by atoms with E-state index in [0.29, 0.717) is 21.6 Å². The summed E-state index contributed by atoms with van der Waals surface area (Å²) in [6, 6.07) is 11.7. The fourth-order valence-corrected chi connectivity index (χ4v) is 4.06. The smallest absolute Gasteiger partial charge is 0.216 e. The summed E-state index contributed by atoms with van der Waals surface area (Å²) in [6.45, 7) is 0. The second-order valence-corrected chi connectivity index (χ2v) is 7.11. The molecule has 7 nitrogen and oxygen atoms in total. The lowest BCUT2D eigenvalue weighted by Crippen LogP contribution is -2.11. The average Bonchev–Trinajstić information content (AvgIpc) is 3.35. The lowest BCUT2D eigenvalue weighted by Gasteiger charge is -2.02. The Kier molecular flexibility index (Phi) is 3.22. The highest BCUT2D eigenvalue weighted by atomic mass is 32.2. The number of para-hydroxylation sites is 1. The van der Waals surface area contributed by atoms with E-state index in [1.165, 1.54) is 22.8 Å². The monoisotopic (exact) mass is 366 g/mol. The summed E-state index contributed by atoms with van der Waals surface area (Å²) in [5.41, 5.74) is 2.16. The van der Waals surface area contributed by atoms with E-state index in [-0.39, 0.29) is 0 Å². The predicted octanol–water partition coefficient (Wildman–Crippen LogP) is 3.56. The van der Waals surface area contributed by atoms with Crippen molar-refractivity contribution in [1.29, 1.82) is 0 Å². The summed E-state index contributed by atoms with van der Waals surface area (Å²) in [5.74, 6) is 6.78. The minimum Gasteiger partial charge on any atom is -0.451 e. The maximum absolute atomic E-state index is 6.17. The largest absolute Gasteiger partial charge is 0.451 e. The van der Waals surface area contributed by atoms with Crippen molar-refractivity contribution in [3.05, 3.63) is 48.1 Å². The van der Waals surface area contributed by atoms with Crippen molar-refractivity contribution in [2.75, 3.05) is 5.84 Å². The fraction of sp³-hybridized carbons (Fsp3) is 0. The predicted molar refractivity (Wildman–Crippen MR) is 96.9 cm³/mol. The van der Waals surface area contributed by atoms with Crippen LogP contribution in [0.2, 0.25) is 0 Å². The van der Waals surface area contributed by atoms with Gasteiger partial charge in [0.15, 0.2) is 16.4 Å². The van der Waals surface area contributed by atoms with Crippen molar-refractivity contribution < 1.29 is 4.42 Å². The first-order chi connectivity index (χ1) is 12.3. The Balaban J connectivity index is 1.61. The van der Waals surface area contributed by atoms with Crippen LogP contribution < -0.4 is 5.84 Å². The molecule has 0 saturated heterocycles. The van der Waals surface area contributed by atoms with E-state index in [9.17, 15) is 0 Å². The van der Waals surface area contributed by atoms with Crippen LogP contribution in [-0.4, -0.2) is 24.8 Å². The number of rotatable bonds is 3. The second kappa shape index (κ2) is 5.57. The molecule has 122 valence electrons. The molecule has 5 aromatic rings.